The van der Waals surface area contributed by atoms with E-state index in [0.29, 0.717) is 0 Å². The Kier molecular flexibility index (Phi) is 8.14. The van der Waals surface area contributed by atoms with Crippen LogP contribution in [0.1, 0.15) is 27.0 Å². The molecule has 29 heavy (non-hydrogen) atoms. The van der Waals surface area contributed by atoms with Crippen LogP contribution in [0.3, 0.4) is 0 Å². The van der Waals surface area contributed by atoms with Crippen molar-refractivity contribution in [1.29, 1.82) is 0 Å². The van der Waals surface area contributed by atoms with E-state index >= 15 is 0 Å². The molecule has 162 valence electrons. The Morgan fingerprint density at radius 2 is 2.17 bits per heavy atom. The van der Waals surface area contributed by atoms with Crippen molar-refractivity contribution in [2.24, 2.45) is 0 Å². The zero-order valence-corrected chi connectivity index (χ0v) is 18.9. The summed E-state index contributed by atoms with van der Waals surface area (Å²) in [5.41, 5.74) is -1.39. The first-order valence-corrected chi connectivity index (χ1v) is 10.9. The number of nitrogens with one attached hydrogen (secondary N) is 2. The third-order valence-corrected chi connectivity index (χ3v) is 6.10. The van der Waals surface area contributed by atoms with E-state index in [9.17, 15) is 24.1 Å². The van der Waals surface area contributed by atoms with E-state index in [4.69, 9.17) is 25.6 Å². The molecule has 1 aliphatic heterocycles. The number of nitrogens with zero attached hydrogens (tertiary/aromatic N) is 1. The van der Waals surface area contributed by atoms with Crippen molar-refractivity contribution in [3.05, 3.63) is 33.1 Å². The van der Waals surface area contributed by atoms with Crippen molar-refractivity contribution in [2.45, 2.75) is 55.1 Å². The molecule has 14 heteroatoms. The summed E-state index contributed by atoms with van der Waals surface area (Å²) in [7, 11) is -2.49. The second kappa shape index (κ2) is 9.78. The summed E-state index contributed by atoms with van der Waals surface area (Å²) < 4.78 is 27.1. The largest absolute Gasteiger partial charge is 0.613 e. The summed E-state index contributed by atoms with van der Waals surface area (Å²) in [5, 5.41) is 12.9. The van der Waals surface area contributed by atoms with Crippen LogP contribution in [-0.2, 0) is 23.4 Å². The number of esters is 1. The van der Waals surface area contributed by atoms with Gasteiger partial charge in [-0.05, 0) is 25.3 Å². The number of aliphatic hydroxyl groups is 1. The molecular formula is C15H21BrClN3O8P+. The number of aliphatic hydroxyl groups excluding tert-OH is 1. The van der Waals surface area contributed by atoms with E-state index in [1.54, 1.807) is 13.8 Å². The highest BCUT2D eigenvalue weighted by molar-refractivity contribution is 9.10. The van der Waals surface area contributed by atoms with E-state index in [1.807, 2.05) is 0 Å². The smallest absolute Gasteiger partial charge is 0.462 e. The number of ether oxygens (including phenoxy) is 2. The molecule has 2 unspecified atom stereocenters. The molecular weight excluding hydrogens is 497 g/mol. The highest BCUT2D eigenvalue weighted by Gasteiger charge is 2.56. The van der Waals surface area contributed by atoms with Crippen LogP contribution in [0, 0.1) is 0 Å². The van der Waals surface area contributed by atoms with Crippen LogP contribution in [0.4, 0.5) is 0 Å². The average Bonchev–Trinajstić information content (AvgIpc) is 2.82. The van der Waals surface area contributed by atoms with Crippen molar-refractivity contribution in [3.63, 3.8) is 0 Å². The molecule has 1 aromatic heterocycles. The summed E-state index contributed by atoms with van der Waals surface area (Å²) >= 11 is 9.43. The van der Waals surface area contributed by atoms with Crippen molar-refractivity contribution >= 4 is 41.7 Å². The molecule has 2 rings (SSSR count). The molecule has 1 saturated heterocycles. The first-order valence-electron chi connectivity index (χ1n) is 8.53. The fraction of sp³-hybridized carbons (Fsp3) is 0.667. The molecule has 0 spiro atoms. The fourth-order valence-corrected chi connectivity index (χ4v) is 4.14. The summed E-state index contributed by atoms with van der Waals surface area (Å²) in [5.74, 6) is -0.596. The van der Waals surface area contributed by atoms with Gasteiger partial charge in [0.25, 0.3) is 5.56 Å². The fourth-order valence-electron chi connectivity index (χ4n) is 2.44. The number of rotatable bonds is 8. The van der Waals surface area contributed by atoms with Crippen molar-refractivity contribution in [1.82, 2.24) is 14.6 Å². The normalized spacial score (nSPS) is 28.4. The zero-order chi connectivity index (χ0) is 21.9. The molecule has 2 heterocycles. The molecule has 3 N–H and O–H groups in total. The lowest BCUT2D eigenvalue weighted by Gasteiger charge is -2.24. The molecule has 1 fully saturated rings. The number of carbonyl (C=O) groups is 1. The maximum atomic E-state index is 12.0. The first kappa shape index (κ1) is 24.1. The van der Waals surface area contributed by atoms with E-state index < -0.39 is 53.7 Å². The van der Waals surface area contributed by atoms with E-state index in [1.165, 1.54) is 13.1 Å². The van der Waals surface area contributed by atoms with Crippen LogP contribution in [0.5, 0.6) is 0 Å². The third kappa shape index (κ3) is 5.94. The van der Waals surface area contributed by atoms with Gasteiger partial charge in [0.05, 0.1) is 6.10 Å². The Morgan fingerprint density at radius 1 is 1.52 bits per heavy atom. The SMILES string of the molecule is CC(C)OC(=O)[C@H](C)N[P+](=O)OC[C@H]1OC(n2ccc(=O)[nH]c2=O)[C@](Cl)(Br)[C@@H]1O. The Labute approximate surface area is 179 Å². The van der Waals surface area contributed by atoms with Gasteiger partial charge in [-0.25, -0.2) is 4.79 Å². The average molecular weight is 518 g/mol. The van der Waals surface area contributed by atoms with Crippen LogP contribution in [0.2, 0.25) is 0 Å². The Bertz CT molecular complexity index is 876. The molecule has 1 aliphatic rings. The number of H-pyrrole nitrogens is 1. The Balaban J connectivity index is 2.00. The Hall–Kier alpha value is -1.14. The van der Waals surface area contributed by atoms with Crippen molar-refractivity contribution in [2.75, 3.05) is 6.61 Å². The molecule has 1 aromatic rings. The predicted octanol–water partition coefficient (Wildman–Crippen LogP) is 0.729. The minimum atomic E-state index is -2.49. The van der Waals surface area contributed by atoms with Gasteiger partial charge >= 0.3 is 19.8 Å². The van der Waals surface area contributed by atoms with Crippen molar-refractivity contribution in [3.8, 4) is 0 Å². The van der Waals surface area contributed by atoms with Gasteiger partial charge in [-0.1, -0.05) is 32.6 Å². The van der Waals surface area contributed by atoms with Gasteiger partial charge in [0, 0.05) is 12.3 Å². The summed E-state index contributed by atoms with van der Waals surface area (Å²) in [4.78, 5) is 37.0. The third-order valence-electron chi connectivity index (χ3n) is 3.84. The number of carbonyl (C=O) groups excluding carboxylic acids is 1. The van der Waals surface area contributed by atoms with E-state index in [-0.39, 0.29) is 12.7 Å². The lowest BCUT2D eigenvalue weighted by Crippen LogP contribution is -2.40. The number of aromatic amines is 1. The molecule has 0 bridgehead atoms. The number of hydrogen-bond acceptors (Lipinski definition) is 8. The van der Waals surface area contributed by atoms with Crippen molar-refractivity contribution < 1.29 is 28.5 Å². The predicted molar refractivity (Wildman–Crippen MR) is 106 cm³/mol. The standard InChI is InChI=1S/C15H20BrClN3O8P/c1-7(2)27-12(23)8(3)19-29(25)26-6-9-11(22)15(16,17)13(28-9)20-5-4-10(21)18-14(20)24/h4-5,7-9,11,13,22H,6H2,1-3H3,(H-,18,19,21,24,25)/p+1/t8-,9+,11+,13?,15-/m0/s1. The van der Waals surface area contributed by atoms with Gasteiger partial charge in [0.2, 0.25) is 0 Å². The monoisotopic (exact) mass is 516 g/mol. The second-order valence-electron chi connectivity index (χ2n) is 6.55. The van der Waals surface area contributed by atoms with Gasteiger partial charge in [0.1, 0.15) is 24.9 Å². The molecule has 11 nitrogen and oxygen atoms in total. The topological polar surface area (TPSA) is 149 Å². The number of halogens is 2. The van der Waals surface area contributed by atoms with Gasteiger partial charge in [-0.3, -0.25) is 19.1 Å². The van der Waals surface area contributed by atoms with Crippen LogP contribution < -0.4 is 16.3 Å². The minimum Gasteiger partial charge on any atom is -0.462 e. The lowest BCUT2D eigenvalue weighted by atomic mass is 10.2. The molecule has 0 amide bonds. The van der Waals surface area contributed by atoms with Crippen LogP contribution in [0.15, 0.2) is 21.9 Å². The molecule has 6 atom stereocenters. The quantitative estimate of drug-likeness (QED) is 0.258. The summed E-state index contributed by atoms with van der Waals surface area (Å²) in [6, 6.07) is 0.213. The van der Waals surface area contributed by atoms with Gasteiger partial charge < -0.3 is 14.6 Å². The minimum absolute atomic E-state index is 0.323. The molecule has 0 aromatic carbocycles. The second-order valence-corrected chi connectivity index (χ2v) is 9.98. The Morgan fingerprint density at radius 3 is 2.76 bits per heavy atom. The number of alkyl halides is 2. The highest BCUT2D eigenvalue weighted by atomic mass is 79.9. The summed E-state index contributed by atoms with van der Waals surface area (Å²) in [6.07, 6.45) is -2.77. The summed E-state index contributed by atoms with van der Waals surface area (Å²) in [6.45, 7) is 4.47. The van der Waals surface area contributed by atoms with Gasteiger partial charge in [-0.2, -0.15) is 0 Å². The first-order chi connectivity index (χ1) is 13.4. The molecule has 0 aliphatic carbocycles. The van der Waals surface area contributed by atoms with E-state index in [0.717, 1.165) is 10.6 Å². The lowest BCUT2D eigenvalue weighted by molar-refractivity contribution is -0.149. The van der Waals surface area contributed by atoms with Gasteiger partial charge in [0.15, 0.2) is 10.0 Å². The zero-order valence-electron chi connectivity index (χ0n) is 15.7. The van der Waals surface area contributed by atoms with Gasteiger partial charge in [-0.15, -0.1) is 4.52 Å². The van der Waals surface area contributed by atoms with Crippen LogP contribution >= 0.6 is 35.7 Å². The molecule has 0 radical (unpaired) electrons. The van der Waals surface area contributed by atoms with Crippen LogP contribution in [-0.4, -0.2) is 55.4 Å². The maximum absolute atomic E-state index is 12.0. The number of hydrogen-bond donors (Lipinski definition) is 3. The van der Waals surface area contributed by atoms with Crippen LogP contribution in [0.25, 0.3) is 0 Å². The van der Waals surface area contributed by atoms with E-state index in [2.05, 4.69) is 26.0 Å². The highest BCUT2D eigenvalue weighted by Crippen LogP contribution is 2.47. The molecule has 0 saturated carbocycles. The maximum Gasteiger partial charge on any atom is 0.613 e. The number of aromatic nitrogens is 2.